The van der Waals surface area contributed by atoms with E-state index in [4.69, 9.17) is 15.7 Å². The van der Waals surface area contributed by atoms with Gasteiger partial charge in [-0.1, -0.05) is 54.8 Å². The molecule has 0 aliphatic heterocycles. The predicted octanol–water partition coefficient (Wildman–Crippen LogP) is 3.66. The number of benzene rings is 1. The fourth-order valence-electron chi connectivity index (χ4n) is 2.73. The molecule has 0 fully saturated rings. The summed E-state index contributed by atoms with van der Waals surface area (Å²) in [7, 11) is 12.6. The second kappa shape index (κ2) is 4.77. The Morgan fingerprint density at radius 1 is 1.16 bits per heavy atom. The Labute approximate surface area is 118 Å². The van der Waals surface area contributed by atoms with Crippen LogP contribution in [0, 0.1) is 6.92 Å². The Hall–Kier alpha value is -1.69. The van der Waals surface area contributed by atoms with Crippen molar-refractivity contribution in [3.8, 4) is 0 Å². The first-order valence-corrected chi connectivity index (χ1v) is 6.33. The van der Waals surface area contributed by atoms with Gasteiger partial charge in [-0.2, -0.15) is 0 Å². The predicted molar refractivity (Wildman–Crippen MR) is 86.4 cm³/mol. The standard InChI is InChI=1S/C17H16B2/c1-5-8-13-11(4)9-10-15-16(13)12(6-2)14(7-3)17(15,18)19/h5-10H,2-3H2,1,4H3/b8-5-. The van der Waals surface area contributed by atoms with E-state index in [9.17, 15) is 0 Å². The van der Waals surface area contributed by atoms with E-state index in [-0.39, 0.29) is 0 Å². The molecule has 1 aliphatic rings. The highest BCUT2D eigenvalue weighted by atomic mass is 14.3. The second-order valence-electron chi connectivity index (χ2n) is 4.82. The lowest BCUT2D eigenvalue weighted by Crippen LogP contribution is -2.26. The SMILES string of the molecule is [B]C1([B])C(C=C)=C(C=C)c2c1ccc(C)c2/C=C\C. The molecule has 0 saturated carbocycles. The zero-order valence-electron chi connectivity index (χ0n) is 11.5. The average Bonchev–Trinajstić information content (AvgIpc) is 2.59. The molecule has 0 bridgehead atoms. The van der Waals surface area contributed by atoms with Gasteiger partial charge in [0.05, 0.1) is 15.7 Å². The van der Waals surface area contributed by atoms with Crippen molar-refractivity contribution in [2.75, 3.05) is 0 Å². The third kappa shape index (κ3) is 1.87. The van der Waals surface area contributed by atoms with Gasteiger partial charge in [-0.3, -0.25) is 0 Å². The van der Waals surface area contributed by atoms with Crippen molar-refractivity contribution >= 4 is 27.3 Å². The molecule has 0 nitrogen and oxygen atoms in total. The number of rotatable bonds is 3. The summed E-state index contributed by atoms with van der Waals surface area (Å²) in [5, 5.41) is -0.995. The summed E-state index contributed by atoms with van der Waals surface area (Å²) in [6.07, 6.45) is 7.64. The molecule has 2 heteroatoms. The van der Waals surface area contributed by atoms with E-state index in [0.717, 1.165) is 27.8 Å². The van der Waals surface area contributed by atoms with Gasteiger partial charge in [-0.15, -0.1) is 0 Å². The van der Waals surface area contributed by atoms with Crippen LogP contribution in [0.15, 0.2) is 49.1 Å². The maximum atomic E-state index is 6.30. The molecule has 0 N–H and O–H groups in total. The maximum absolute atomic E-state index is 6.30. The molecule has 0 aromatic heterocycles. The van der Waals surface area contributed by atoms with E-state index in [1.165, 1.54) is 5.56 Å². The highest BCUT2D eigenvalue weighted by Gasteiger charge is 2.35. The average molecular weight is 242 g/mol. The minimum Gasteiger partial charge on any atom is -0.0988 e. The zero-order chi connectivity index (χ0) is 14.2. The summed E-state index contributed by atoms with van der Waals surface area (Å²) in [6, 6.07) is 4.05. The molecule has 0 saturated heterocycles. The van der Waals surface area contributed by atoms with E-state index in [2.05, 4.69) is 32.2 Å². The largest absolute Gasteiger partial charge is 0.0988 e. The second-order valence-corrected chi connectivity index (χ2v) is 4.82. The molecule has 1 aromatic carbocycles. The summed E-state index contributed by atoms with van der Waals surface area (Å²) in [5.74, 6) is 0. The Bertz CT molecular complexity index is 616. The van der Waals surface area contributed by atoms with Gasteiger partial charge in [-0.25, -0.2) is 0 Å². The molecule has 0 spiro atoms. The molecule has 2 rings (SSSR count). The van der Waals surface area contributed by atoms with Crippen LogP contribution in [0.25, 0.3) is 11.6 Å². The highest BCUT2D eigenvalue weighted by molar-refractivity contribution is 6.44. The van der Waals surface area contributed by atoms with Crippen molar-refractivity contribution in [1.82, 2.24) is 0 Å². The number of allylic oxidation sites excluding steroid dienone is 5. The van der Waals surface area contributed by atoms with Crippen LogP contribution < -0.4 is 0 Å². The van der Waals surface area contributed by atoms with Crippen LogP contribution in [-0.4, -0.2) is 15.7 Å². The van der Waals surface area contributed by atoms with Crippen LogP contribution in [0.2, 0.25) is 0 Å². The first kappa shape index (κ1) is 13.7. The molecule has 0 amide bonds. The fourth-order valence-corrected chi connectivity index (χ4v) is 2.73. The van der Waals surface area contributed by atoms with Gasteiger partial charge in [0.1, 0.15) is 0 Å². The Balaban J connectivity index is 2.91. The Kier molecular flexibility index (Phi) is 3.45. The normalized spacial score (nSPS) is 16.7. The lowest BCUT2D eigenvalue weighted by Gasteiger charge is -2.24. The zero-order valence-corrected chi connectivity index (χ0v) is 11.5. The van der Waals surface area contributed by atoms with Crippen molar-refractivity contribution in [2.24, 2.45) is 0 Å². The van der Waals surface area contributed by atoms with Gasteiger partial charge in [0.15, 0.2) is 0 Å². The van der Waals surface area contributed by atoms with Crippen LogP contribution in [-0.2, 0) is 5.21 Å². The van der Waals surface area contributed by atoms with Gasteiger partial charge in [0, 0.05) is 0 Å². The van der Waals surface area contributed by atoms with Crippen molar-refractivity contribution in [3.63, 3.8) is 0 Å². The Morgan fingerprint density at radius 2 is 1.84 bits per heavy atom. The van der Waals surface area contributed by atoms with Crippen molar-refractivity contribution < 1.29 is 0 Å². The summed E-state index contributed by atoms with van der Waals surface area (Å²) < 4.78 is 0. The molecule has 1 aromatic rings. The van der Waals surface area contributed by atoms with Crippen LogP contribution in [0.5, 0.6) is 0 Å². The van der Waals surface area contributed by atoms with E-state index in [1.807, 2.05) is 25.1 Å². The summed E-state index contributed by atoms with van der Waals surface area (Å²) >= 11 is 0. The van der Waals surface area contributed by atoms with Crippen LogP contribution in [0.3, 0.4) is 0 Å². The number of hydrogen-bond acceptors (Lipinski definition) is 0. The first-order valence-electron chi connectivity index (χ1n) is 6.33. The topological polar surface area (TPSA) is 0 Å². The monoisotopic (exact) mass is 242 g/mol. The van der Waals surface area contributed by atoms with Crippen molar-refractivity contribution in [1.29, 1.82) is 0 Å². The van der Waals surface area contributed by atoms with Gasteiger partial charge in [0.2, 0.25) is 0 Å². The number of fused-ring (bicyclic) bond motifs is 1. The van der Waals surface area contributed by atoms with E-state index < -0.39 is 5.21 Å². The molecule has 90 valence electrons. The van der Waals surface area contributed by atoms with Gasteiger partial charge in [-0.05, 0) is 47.2 Å². The van der Waals surface area contributed by atoms with E-state index in [0.29, 0.717) is 0 Å². The number of hydrogen-bond donors (Lipinski definition) is 0. The van der Waals surface area contributed by atoms with Crippen LogP contribution in [0.4, 0.5) is 0 Å². The molecule has 1 aliphatic carbocycles. The Morgan fingerprint density at radius 3 is 2.37 bits per heavy atom. The van der Waals surface area contributed by atoms with E-state index >= 15 is 0 Å². The lowest BCUT2D eigenvalue weighted by atomic mass is 9.49. The third-order valence-corrected chi connectivity index (χ3v) is 3.66. The van der Waals surface area contributed by atoms with Gasteiger partial charge < -0.3 is 0 Å². The molecular formula is C17H16B2. The summed E-state index contributed by atoms with van der Waals surface area (Å²) in [5.41, 5.74) is 6.15. The molecule has 4 radical (unpaired) electrons. The third-order valence-electron chi connectivity index (χ3n) is 3.66. The van der Waals surface area contributed by atoms with Gasteiger partial charge >= 0.3 is 0 Å². The fraction of sp³-hybridized carbons (Fsp3) is 0.176. The molecular weight excluding hydrogens is 226 g/mol. The number of aryl methyl sites for hydroxylation is 1. The van der Waals surface area contributed by atoms with Gasteiger partial charge in [0.25, 0.3) is 0 Å². The first-order chi connectivity index (χ1) is 8.98. The van der Waals surface area contributed by atoms with Crippen molar-refractivity contribution in [3.05, 3.63) is 71.3 Å². The molecule has 0 heterocycles. The summed E-state index contributed by atoms with van der Waals surface area (Å²) in [4.78, 5) is 0. The quantitative estimate of drug-likeness (QED) is 0.709. The molecule has 19 heavy (non-hydrogen) atoms. The maximum Gasteiger partial charge on any atom is 0.0745 e. The summed E-state index contributed by atoms with van der Waals surface area (Å²) in [6.45, 7) is 11.8. The molecule has 0 atom stereocenters. The van der Waals surface area contributed by atoms with Crippen LogP contribution in [0.1, 0.15) is 29.2 Å². The van der Waals surface area contributed by atoms with E-state index in [1.54, 1.807) is 6.08 Å². The smallest absolute Gasteiger partial charge is 0.0745 e. The lowest BCUT2D eigenvalue weighted by molar-refractivity contribution is 1.07. The minimum absolute atomic E-state index is 0.828. The van der Waals surface area contributed by atoms with Crippen LogP contribution >= 0.6 is 0 Å². The minimum atomic E-state index is -0.995. The highest BCUT2D eigenvalue weighted by Crippen LogP contribution is 2.46. The molecule has 0 unspecified atom stereocenters. The van der Waals surface area contributed by atoms with Crippen molar-refractivity contribution in [2.45, 2.75) is 19.1 Å².